The van der Waals surface area contributed by atoms with Crippen molar-refractivity contribution in [2.75, 3.05) is 0 Å². The fourth-order valence-electron chi connectivity index (χ4n) is 6.30. The minimum absolute atomic E-state index is 0.0906. The second kappa shape index (κ2) is 7.43. The number of aryl methyl sites for hydroxylation is 1. The third-order valence-corrected chi connectivity index (χ3v) is 7.79. The van der Waals surface area contributed by atoms with Gasteiger partial charge in [-0.25, -0.2) is 4.79 Å². The molecular formula is C22H25IO5. The average molecular weight is 496 g/mol. The average Bonchev–Trinajstić information content (AvgIpc) is 3.02. The van der Waals surface area contributed by atoms with Crippen molar-refractivity contribution in [2.24, 2.45) is 17.3 Å². The number of ether oxygens (including phenoxy) is 1. The van der Waals surface area contributed by atoms with Crippen LogP contribution < -0.4 is 0 Å². The lowest BCUT2D eigenvalue weighted by molar-refractivity contribution is -0.160. The van der Waals surface area contributed by atoms with Crippen LogP contribution in [0.2, 0.25) is 0 Å². The van der Waals surface area contributed by atoms with Gasteiger partial charge in [-0.3, -0.25) is 9.59 Å². The van der Waals surface area contributed by atoms with Crippen LogP contribution >= 0.6 is 23.0 Å². The summed E-state index contributed by atoms with van der Waals surface area (Å²) in [4.78, 5) is 36.7. The maximum atomic E-state index is 12.9. The van der Waals surface area contributed by atoms with E-state index in [0.717, 1.165) is 36.8 Å². The summed E-state index contributed by atoms with van der Waals surface area (Å²) >= 11 is 1.60. The molecule has 0 bridgehead atoms. The first-order chi connectivity index (χ1) is 13.4. The highest BCUT2D eigenvalue weighted by atomic mass is 127. The van der Waals surface area contributed by atoms with E-state index >= 15 is 0 Å². The SMILES string of the molecule is CC[C@]12C[C@@H](OC(C)=O)[C@@H]3c4ccc(C(=O)OI)cc4CC[C@H]3[C@@H]1CCC2=O. The fraction of sp³-hybridized carbons (Fsp3) is 0.591. The zero-order valence-electron chi connectivity index (χ0n) is 16.2. The molecule has 6 heteroatoms. The molecule has 0 spiro atoms. The van der Waals surface area contributed by atoms with E-state index in [4.69, 9.17) is 7.80 Å². The van der Waals surface area contributed by atoms with Crippen molar-refractivity contribution < 1.29 is 22.2 Å². The van der Waals surface area contributed by atoms with E-state index in [-0.39, 0.29) is 29.4 Å². The smallest absolute Gasteiger partial charge is 0.347 e. The van der Waals surface area contributed by atoms with Crippen molar-refractivity contribution in [2.45, 2.75) is 64.4 Å². The minimum atomic E-state index is -0.350. The van der Waals surface area contributed by atoms with Crippen LogP contribution in [0.15, 0.2) is 18.2 Å². The van der Waals surface area contributed by atoms with Crippen molar-refractivity contribution >= 4 is 40.7 Å². The molecule has 5 nitrogen and oxygen atoms in total. The Hall–Kier alpha value is -1.44. The summed E-state index contributed by atoms with van der Waals surface area (Å²) in [6.07, 6.45) is 4.54. The molecule has 2 fully saturated rings. The number of hydrogen-bond acceptors (Lipinski definition) is 5. The number of hydrogen-bond donors (Lipinski definition) is 0. The van der Waals surface area contributed by atoms with Gasteiger partial charge in [0.15, 0.2) is 23.0 Å². The second-order valence-electron chi connectivity index (χ2n) is 8.44. The molecule has 0 amide bonds. The highest BCUT2D eigenvalue weighted by Crippen LogP contribution is 2.61. The van der Waals surface area contributed by atoms with Gasteiger partial charge >= 0.3 is 11.9 Å². The van der Waals surface area contributed by atoms with Crippen LogP contribution in [-0.2, 0) is 23.8 Å². The van der Waals surface area contributed by atoms with Crippen LogP contribution in [0.1, 0.15) is 73.4 Å². The molecule has 0 saturated heterocycles. The van der Waals surface area contributed by atoms with E-state index in [1.807, 2.05) is 12.1 Å². The molecular weight excluding hydrogens is 471 g/mol. The quantitative estimate of drug-likeness (QED) is 0.454. The fourth-order valence-corrected chi connectivity index (χ4v) is 6.56. The van der Waals surface area contributed by atoms with E-state index in [0.29, 0.717) is 36.0 Å². The predicted molar refractivity (Wildman–Crippen MR) is 111 cm³/mol. The molecule has 1 aromatic carbocycles. The van der Waals surface area contributed by atoms with Crippen molar-refractivity contribution in [3.05, 3.63) is 34.9 Å². The Morgan fingerprint density at radius 3 is 2.71 bits per heavy atom. The molecule has 2 saturated carbocycles. The zero-order valence-corrected chi connectivity index (χ0v) is 18.4. The summed E-state index contributed by atoms with van der Waals surface area (Å²) in [5, 5.41) is 0. The van der Waals surface area contributed by atoms with Crippen LogP contribution in [0.25, 0.3) is 0 Å². The lowest BCUT2D eigenvalue weighted by atomic mass is 9.53. The van der Waals surface area contributed by atoms with E-state index in [9.17, 15) is 14.4 Å². The van der Waals surface area contributed by atoms with E-state index in [2.05, 4.69) is 6.92 Å². The number of fused-ring (bicyclic) bond motifs is 5. The first-order valence-electron chi connectivity index (χ1n) is 10.1. The van der Waals surface area contributed by atoms with Crippen molar-refractivity contribution in [1.82, 2.24) is 0 Å². The normalized spacial score (nSPS) is 33.5. The first-order valence-corrected chi connectivity index (χ1v) is 11.0. The molecule has 0 N–H and O–H groups in total. The molecule has 28 heavy (non-hydrogen) atoms. The zero-order chi connectivity index (χ0) is 20.1. The summed E-state index contributed by atoms with van der Waals surface area (Å²) in [6.45, 7) is 3.54. The standard InChI is InChI=1S/C22H25IO5/c1-3-22-11-18(27-12(2)24)20-15-6-5-14(21(26)28-23)10-13(15)4-7-16(20)17(22)8-9-19(22)25/h5-6,10,16-18,20H,3-4,7-9,11H2,1-2H3/t16-,17-,18+,20+,22-/m0/s1. The van der Waals surface area contributed by atoms with Gasteiger partial charge in [0.25, 0.3) is 0 Å². The molecule has 0 heterocycles. The molecule has 5 atom stereocenters. The second-order valence-corrected chi connectivity index (χ2v) is 8.88. The third-order valence-electron chi connectivity index (χ3n) is 7.39. The lowest BCUT2D eigenvalue weighted by Crippen LogP contribution is -2.51. The summed E-state index contributed by atoms with van der Waals surface area (Å²) < 4.78 is 10.6. The monoisotopic (exact) mass is 496 g/mol. The number of rotatable bonds is 3. The van der Waals surface area contributed by atoms with Crippen molar-refractivity contribution in [3.63, 3.8) is 0 Å². The van der Waals surface area contributed by atoms with Gasteiger partial charge in [0.1, 0.15) is 11.9 Å². The largest absolute Gasteiger partial charge is 0.462 e. The van der Waals surface area contributed by atoms with Gasteiger partial charge in [0.05, 0.1) is 5.56 Å². The topological polar surface area (TPSA) is 69.7 Å². The molecule has 3 aliphatic rings. The third kappa shape index (κ3) is 2.99. The Balaban J connectivity index is 1.77. The number of Topliss-reactive ketones (excluding diaryl/α,β-unsaturated/α-hetero) is 1. The maximum Gasteiger partial charge on any atom is 0.347 e. The van der Waals surface area contributed by atoms with Gasteiger partial charge in [0.2, 0.25) is 0 Å². The van der Waals surface area contributed by atoms with Crippen LogP contribution in [-0.4, -0.2) is 23.8 Å². The van der Waals surface area contributed by atoms with Gasteiger partial charge in [0, 0.05) is 24.7 Å². The molecule has 4 rings (SSSR count). The number of esters is 1. The summed E-state index contributed by atoms with van der Waals surface area (Å²) in [5.74, 6) is 0.482. The van der Waals surface area contributed by atoms with E-state index in [1.165, 1.54) is 6.92 Å². The van der Waals surface area contributed by atoms with Gasteiger partial charge in [-0.15, -0.1) is 0 Å². The number of halogens is 1. The highest BCUT2D eigenvalue weighted by molar-refractivity contribution is 14.1. The molecule has 0 aromatic heterocycles. The molecule has 0 radical (unpaired) electrons. The van der Waals surface area contributed by atoms with Crippen LogP contribution in [0.4, 0.5) is 0 Å². The molecule has 3 aliphatic carbocycles. The van der Waals surface area contributed by atoms with Crippen LogP contribution in [0.5, 0.6) is 0 Å². The molecule has 150 valence electrons. The van der Waals surface area contributed by atoms with Gasteiger partial charge in [-0.2, -0.15) is 0 Å². The predicted octanol–water partition coefficient (Wildman–Crippen LogP) is 4.55. The van der Waals surface area contributed by atoms with Gasteiger partial charge in [-0.1, -0.05) is 13.0 Å². The number of carbonyl (C=O) groups excluding carboxylic acids is 3. The first kappa shape index (κ1) is 19.9. The summed E-state index contributed by atoms with van der Waals surface area (Å²) in [7, 11) is 0. The van der Waals surface area contributed by atoms with Crippen LogP contribution in [0.3, 0.4) is 0 Å². The Morgan fingerprint density at radius 1 is 1.25 bits per heavy atom. The maximum absolute atomic E-state index is 12.9. The summed E-state index contributed by atoms with van der Waals surface area (Å²) in [5.41, 5.74) is 2.50. The number of ketones is 1. The van der Waals surface area contributed by atoms with E-state index in [1.54, 1.807) is 29.1 Å². The van der Waals surface area contributed by atoms with Crippen LogP contribution in [0, 0.1) is 17.3 Å². The molecule has 0 unspecified atom stereocenters. The number of carbonyl (C=O) groups is 3. The van der Waals surface area contributed by atoms with Crippen molar-refractivity contribution in [3.8, 4) is 0 Å². The van der Waals surface area contributed by atoms with Gasteiger partial charge in [-0.05, 0) is 67.2 Å². The highest BCUT2D eigenvalue weighted by Gasteiger charge is 2.60. The Morgan fingerprint density at radius 2 is 2.04 bits per heavy atom. The number of benzene rings is 1. The Labute approximate surface area is 179 Å². The van der Waals surface area contributed by atoms with Crippen molar-refractivity contribution in [1.29, 1.82) is 0 Å². The Bertz CT molecular complexity index is 834. The molecule has 0 aliphatic heterocycles. The lowest BCUT2D eigenvalue weighted by Gasteiger charge is -2.52. The molecule has 1 aromatic rings. The summed E-state index contributed by atoms with van der Waals surface area (Å²) in [6, 6.07) is 5.72. The Kier molecular flexibility index (Phi) is 5.27. The van der Waals surface area contributed by atoms with E-state index < -0.39 is 0 Å². The van der Waals surface area contributed by atoms with Gasteiger partial charge < -0.3 is 7.80 Å². The minimum Gasteiger partial charge on any atom is -0.462 e.